The van der Waals surface area contributed by atoms with Crippen molar-refractivity contribution in [2.75, 3.05) is 0 Å². The molecule has 32 heavy (non-hydrogen) atoms. The van der Waals surface area contributed by atoms with E-state index < -0.39 is 13.0 Å². The number of nitro benzene ring substituents is 1. The molecule has 1 N–H and O–H groups in total. The average molecular weight is 452 g/mol. The minimum Gasteiger partial charge on any atom is -0.344 e. The lowest BCUT2D eigenvalue weighted by atomic mass is 10.0. The first-order valence-corrected chi connectivity index (χ1v) is 13.3. The molecule has 2 rings (SSSR count). The van der Waals surface area contributed by atoms with Crippen molar-refractivity contribution < 1.29 is 9.72 Å². The summed E-state index contributed by atoms with van der Waals surface area (Å²) in [5, 5.41) is 14.4. The number of non-ortho nitro benzene ring substituents is 1. The highest BCUT2D eigenvalue weighted by molar-refractivity contribution is 6.90. The third kappa shape index (κ3) is 5.43. The smallest absolute Gasteiger partial charge is 0.270 e. The first-order valence-electron chi connectivity index (χ1n) is 11.0. The Hall–Kier alpha value is -2.98. The minimum atomic E-state index is -2.03. The highest BCUT2D eigenvalue weighted by Gasteiger charge is 2.41. The van der Waals surface area contributed by atoms with Crippen LogP contribution >= 0.6 is 0 Å². The third-order valence-electron chi connectivity index (χ3n) is 6.24. The van der Waals surface area contributed by atoms with Crippen LogP contribution in [-0.4, -0.2) is 23.9 Å². The summed E-state index contributed by atoms with van der Waals surface area (Å²) < 4.78 is 0. The number of nitro groups is 1. The number of benzene rings is 1. The Morgan fingerprint density at radius 3 is 2.16 bits per heavy atom. The molecule has 0 saturated heterocycles. The molecule has 0 saturated carbocycles. The molecule has 0 unspecified atom stereocenters. The number of aromatic nitrogens is 1. The highest BCUT2D eigenvalue weighted by atomic mass is 28.3. The summed E-state index contributed by atoms with van der Waals surface area (Å²) in [5.41, 5.74) is 6.62. The number of carbonyl (C=O) groups excluding carboxylic acids is 1. The van der Waals surface area contributed by atoms with E-state index in [1.165, 1.54) is 12.1 Å². The maximum atomic E-state index is 12.6. The van der Waals surface area contributed by atoms with Crippen molar-refractivity contribution in [1.82, 2.24) is 10.3 Å². The van der Waals surface area contributed by atoms with Crippen LogP contribution in [-0.2, 0) is 0 Å². The Morgan fingerprint density at radius 2 is 1.66 bits per heavy atom. The molecule has 0 spiro atoms. The number of carbonyl (C=O) groups is 1. The van der Waals surface area contributed by atoms with Crippen molar-refractivity contribution in [1.29, 1.82) is 0 Å². The van der Waals surface area contributed by atoms with Crippen LogP contribution in [0.2, 0.25) is 16.6 Å². The summed E-state index contributed by atoms with van der Waals surface area (Å²) >= 11 is 0. The van der Waals surface area contributed by atoms with Crippen LogP contribution in [0.15, 0.2) is 42.6 Å². The van der Waals surface area contributed by atoms with E-state index >= 15 is 0 Å². The van der Waals surface area contributed by atoms with Crippen LogP contribution in [0.3, 0.4) is 0 Å². The molecule has 1 aromatic heterocycles. The number of rotatable bonds is 7. The van der Waals surface area contributed by atoms with E-state index in [9.17, 15) is 14.9 Å². The lowest BCUT2D eigenvalue weighted by Crippen LogP contribution is -2.43. The van der Waals surface area contributed by atoms with Crippen LogP contribution in [0.5, 0.6) is 0 Å². The van der Waals surface area contributed by atoms with Crippen LogP contribution in [0, 0.1) is 21.6 Å². The van der Waals surface area contributed by atoms with Gasteiger partial charge in [-0.3, -0.25) is 19.9 Å². The molecule has 0 fully saturated rings. The lowest BCUT2D eigenvalue weighted by molar-refractivity contribution is -0.384. The SMILES string of the molecule is CC(C)[Si](C#Cc1cc([N+](=O)[O-])ccc1[C@@H](C)NC(=O)c1ccccn1)(C(C)C)C(C)C. The van der Waals surface area contributed by atoms with Crippen LogP contribution in [0.25, 0.3) is 0 Å². The number of nitrogens with one attached hydrogen (secondary N) is 1. The van der Waals surface area contributed by atoms with Crippen molar-refractivity contribution in [3.05, 3.63) is 69.5 Å². The second-order valence-corrected chi connectivity index (χ2v) is 14.7. The van der Waals surface area contributed by atoms with Gasteiger partial charge in [0.25, 0.3) is 11.6 Å². The van der Waals surface area contributed by atoms with Crippen LogP contribution in [0.4, 0.5) is 5.69 Å². The predicted octanol–water partition coefficient (Wildman–Crippen LogP) is 6.05. The van der Waals surface area contributed by atoms with Crippen molar-refractivity contribution in [2.45, 2.75) is 71.1 Å². The maximum absolute atomic E-state index is 12.6. The van der Waals surface area contributed by atoms with Gasteiger partial charge in [-0.2, -0.15) is 0 Å². The first kappa shape index (κ1) is 25.3. The quantitative estimate of drug-likeness (QED) is 0.240. The zero-order chi connectivity index (χ0) is 24.1. The molecule has 0 bridgehead atoms. The van der Waals surface area contributed by atoms with E-state index in [0.29, 0.717) is 27.9 Å². The zero-order valence-corrected chi connectivity index (χ0v) is 21.0. The van der Waals surface area contributed by atoms with Gasteiger partial charge >= 0.3 is 0 Å². The Kier molecular flexibility index (Phi) is 8.34. The molecule has 170 valence electrons. The number of hydrogen-bond donors (Lipinski definition) is 1. The van der Waals surface area contributed by atoms with E-state index in [4.69, 9.17) is 0 Å². The predicted molar refractivity (Wildman–Crippen MR) is 131 cm³/mol. The highest BCUT2D eigenvalue weighted by Crippen LogP contribution is 2.41. The fourth-order valence-corrected chi connectivity index (χ4v) is 9.81. The zero-order valence-electron chi connectivity index (χ0n) is 20.0. The number of pyridine rings is 1. The van der Waals surface area contributed by atoms with Crippen molar-refractivity contribution >= 4 is 19.7 Å². The van der Waals surface area contributed by atoms with Crippen molar-refractivity contribution in [3.8, 4) is 11.5 Å². The summed E-state index contributed by atoms with van der Waals surface area (Å²) in [6, 6.07) is 9.43. The molecular weight excluding hydrogens is 418 g/mol. The van der Waals surface area contributed by atoms with Gasteiger partial charge in [-0.15, -0.1) is 5.54 Å². The van der Waals surface area contributed by atoms with Gasteiger partial charge in [0, 0.05) is 23.9 Å². The molecule has 6 nitrogen and oxygen atoms in total. The fourth-order valence-electron chi connectivity index (χ4n) is 4.60. The van der Waals surface area contributed by atoms with Gasteiger partial charge in [-0.25, -0.2) is 0 Å². The Balaban J connectivity index is 2.53. The molecule has 1 atom stereocenters. The normalized spacial score (nSPS) is 12.4. The summed E-state index contributed by atoms with van der Waals surface area (Å²) in [7, 11) is -2.03. The maximum Gasteiger partial charge on any atom is 0.270 e. The Labute approximate surface area is 192 Å². The first-order chi connectivity index (χ1) is 15.0. The van der Waals surface area contributed by atoms with Crippen molar-refractivity contribution in [3.63, 3.8) is 0 Å². The summed E-state index contributed by atoms with van der Waals surface area (Å²) in [6.45, 7) is 15.2. The second kappa shape index (κ2) is 10.6. The van der Waals surface area contributed by atoms with Crippen LogP contribution in [0.1, 0.15) is 76.1 Å². The number of amides is 1. The van der Waals surface area contributed by atoms with E-state index in [1.807, 2.05) is 6.92 Å². The second-order valence-electron chi connectivity index (χ2n) is 9.09. The van der Waals surface area contributed by atoms with E-state index in [-0.39, 0.29) is 17.6 Å². The molecular formula is C25H33N3O3Si. The van der Waals surface area contributed by atoms with Gasteiger partial charge < -0.3 is 5.32 Å². The molecule has 2 aromatic rings. The molecule has 0 aliphatic heterocycles. The van der Waals surface area contributed by atoms with Gasteiger partial charge in [0.1, 0.15) is 13.8 Å². The largest absolute Gasteiger partial charge is 0.344 e. The van der Waals surface area contributed by atoms with Gasteiger partial charge in [-0.1, -0.05) is 53.5 Å². The monoisotopic (exact) mass is 451 g/mol. The lowest BCUT2D eigenvalue weighted by Gasteiger charge is -2.38. The fraction of sp³-hybridized carbons (Fsp3) is 0.440. The molecule has 1 aromatic carbocycles. The van der Waals surface area contributed by atoms with Gasteiger partial charge in [0.15, 0.2) is 0 Å². The topological polar surface area (TPSA) is 85.1 Å². The minimum absolute atomic E-state index is 0.00721. The molecule has 0 aliphatic carbocycles. The summed E-state index contributed by atoms with van der Waals surface area (Å²) in [6.07, 6.45) is 1.57. The Bertz CT molecular complexity index is 1000. The van der Waals surface area contributed by atoms with Gasteiger partial charge in [0.05, 0.1) is 11.0 Å². The summed E-state index contributed by atoms with van der Waals surface area (Å²) in [4.78, 5) is 27.7. The number of nitrogens with zero attached hydrogens (tertiary/aromatic N) is 2. The summed E-state index contributed by atoms with van der Waals surface area (Å²) in [5.74, 6) is 3.03. The Morgan fingerprint density at radius 1 is 1.03 bits per heavy atom. The molecule has 1 heterocycles. The van der Waals surface area contributed by atoms with Crippen molar-refractivity contribution in [2.24, 2.45) is 0 Å². The third-order valence-corrected chi connectivity index (χ3v) is 12.5. The van der Waals surface area contributed by atoms with Gasteiger partial charge in [0.2, 0.25) is 0 Å². The van der Waals surface area contributed by atoms with Gasteiger partial charge in [-0.05, 0) is 47.3 Å². The molecule has 0 radical (unpaired) electrons. The molecule has 7 heteroatoms. The standard InChI is InChI=1S/C25H33N3O3Si/c1-17(2)32(18(3)4,19(5)6)15-13-21-16-22(28(30)31)11-12-23(21)20(7)27-25(29)24-10-8-9-14-26-24/h8-12,14,16-20H,1-7H3,(H,27,29)/t20-/m1/s1. The van der Waals surface area contributed by atoms with E-state index in [0.717, 1.165) is 5.56 Å². The molecule has 1 amide bonds. The number of hydrogen-bond acceptors (Lipinski definition) is 4. The molecule has 0 aliphatic rings. The average Bonchev–Trinajstić information content (AvgIpc) is 2.73. The van der Waals surface area contributed by atoms with E-state index in [1.54, 1.807) is 30.5 Å². The van der Waals surface area contributed by atoms with Crippen LogP contribution < -0.4 is 5.32 Å². The van der Waals surface area contributed by atoms with E-state index in [2.05, 4.69) is 63.3 Å².